The van der Waals surface area contributed by atoms with Crippen molar-refractivity contribution >= 4 is 39.0 Å². The van der Waals surface area contributed by atoms with Crippen LogP contribution in [0.5, 0.6) is 0 Å². The summed E-state index contributed by atoms with van der Waals surface area (Å²) in [5.74, 6) is 0. The van der Waals surface area contributed by atoms with E-state index in [1.807, 2.05) is 12.1 Å². The molecule has 2 heteroatoms. The average Bonchev–Trinajstić information content (AvgIpc) is 3.88. The minimum Gasteiger partial charge on any atom is -0.456 e. The van der Waals surface area contributed by atoms with Gasteiger partial charge in [0.05, 0.1) is 0 Å². The summed E-state index contributed by atoms with van der Waals surface area (Å²) in [7, 11) is 0. The molecule has 1 aromatic heterocycles. The zero-order chi connectivity index (χ0) is 41.7. The topological polar surface area (TPSA) is 16.4 Å². The van der Waals surface area contributed by atoms with Crippen LogP contribution in [0.3, 0.4) is 0 Å². The maximum Gasteiger partial charge on any atom is 0.136 e. The molecule has 0 atom stereocenters. The number of rotatable bonds is 6. The summed E-state index contributed by atoms with van der Waals surface area (Å²) in [4.78, 5) is 2.40. The smallest absolute Gasteiger partial charge is 0.136 e. The second kappa shape index (κ2) is 13.5. The van der Waals surface area contributed by atoms with Gasteiger partial charge in [-0.1, -0.05) is 161 Å². The Balaban J connectivity index is 0.958. The van der Waals surface area contributed by atoms with Crippen molar-refractivity contribution < 1.29 is 4.42 Å². The van der Waals surface area contributed by atoms with Crippen LogP contribution in [0.1, 0.15) is 49.9 Å². The number of hydrogen-bond donors (Lipinski definition) is 0. The fourth-order valence-corrected chi connectivity index (χ4v) is 10.6. The van der Waals surface area contributed by atoms with Gasteiger partial charge in [0.25, 0.3) is 0 Å². The van der Waals surface area contributed by atoms with Gasteiger partial charge in [-0.25, -0.2) is 0 Å². The molecule has 62 heavy (non-hydrogen) atoms. The first-order valence-electron chi connectivity index (χ1n) is 21.7. The first kappa shape index (κ1) is 36.4. The monoisotopic (exact) mass is 795 g/mol. The Hall–Kier alpha value is -7.42. The van der Waals surface area contributed by atoms with Crippen LogP contribution < -0.4 is 4.90 Å². The first-order valence-corrected chi connectivity index (χ1v) is 21.7. The van der Waals surface area contributed by atoms with Gasteiger partial charge >= 0.3 is 0 Å². The summed E-state index contributed by atoms with van der Waals surface area (Å²) < 4.78 is 6.28. The fraction of sp³-hybridized carbons (Fsp3) is 0.100. The van der Waals surface area contributed by atoms with Crippen molar-refractivity contribution in [2.45, 2.75) is 38.5 Å². The number of fused-ring (bicyclic) bond motifs is 9. The molecule has 0 saturated carbocycles. The third-order valence-electron chi connectivity index (χ3n) is 13.9. The highest BCUT2D eigenvalue weighted by Gasteiger charge is 2.36. The molecule has 0 aliphatic heterocycles. The lowest BCUT2D eigenvalue weighted by atomic mass is 9.81. The zero-order valence-corrected chi connectivity index (χ0v) is 35.4. The molecule has 296 valence electrons. The summed E-state index contributed by atoms with van der Waals surface area (Å²) in [6.07, 6.45) is 0. The highest BCUT2D eigenvalue weighted by Crippen LogP contribution is 2.51. The molecular formula is C60H45NO. The van der Waals surface area contributed by atoms with E-state index in [2.05, 4.69) is 221 Å². The Morgan fingerprint density at radius 1 is 0.306 bits per heavy atom. The van der Waals surface area contributed by atoms with E-state index in [0.717, 1.165) is 50.1 Å². The van der Waals surface area contributed by atoms with Gasteiger partial charge in [0.2, 0.25) is 0 Å². The Kier molecular flexibility index (Phi) is 7.96. The summed E-state index contributed by atoms with van der Waals surface area (Å²) in [5.41, 5.74) is 23.0. The number of furan rings is 1. The van der Waals surface area contributed by atoms with E-state index in [1.54, 1.807) is 0 Å². The highest BCUT2D eigenvalue weighted by molar-refractivity contribution is 6.06. The number of hydrogen-bond acceptors (Lipinski definition) is 2. The molecule has 1 heterocycles. The summed E-state index contributed by atoms with van der Waals surface area (Å²) >= 11 is 0. The van der Waals surface area contributed by atoms with Gasteiger partial charge in [0.15, 0.2) is 0 Å². The van der Waals surface area contributed by atoms with Crippen molar-refractivity contribution in [2.75, 3.05) is 4.90 Å². The van der Waals surface area contributed by atoms with Crippen molar-refractivity contribution in [1.82, 2.24) is 0 Å². The molecule has 0 amide bonds. The predicted octanol–water partition coefficient (Wildman–Crippen LogP) is 16.7. The van der Waals surface area contributed by atoms with Crippen molar-refractivity contribution in [3.05, 3.63) is 222 Å². The van der Waals surface area contributed by atoms with Crippen LogP contribution in [0.25, 0.3) is 77.6 Å². The summed E-state index contributed by atoms with van der Waals surface area (Å²) in [5, 5.41) is 2.28. The molecule has 9 aromatic carbocycles. The number of nitrogens with zero attached hydrogens (tertiary/aromatic N) is 1. The van der Waals surface area contributed by atoms with Crippen LogP contribution in [0.15, 0.2) is 205 Å². The largest absolute Gasteiger partial charge is 0.456 e. The van der Waals surface area contributed by atoms with E-state index in [0.29, 0.717) is 0 Å². The van der Waals surface area contributed by atoms with E-state index in [1.165, 1.54) is 66.8 Å². The number of benzene rings is 9. The molecule has 0 radical (unpaired) electrons. The molecule has 12 rings (SSSR count). The molecule has 0 bridgehead atoms. The molecule has 0 fully saturated rings. The van der Waals surface area contributed by atoms with E-state index in [4.69, 9.17) is 4.42 Å². The Morgan fingerprint density at radius 2 is 0.758 bits per heavy atom. The third kappa shape index (κ3) is 5.56. The van der Waals surface area contributed by atoms with E-state index < -0.39 is 0 Å². The summed E-state index contributed by atoms with van der Waals surface area (Å²) in [6, 6.07) is 73.7. The first-order chi connectivity index (χ1) is 30.2. The Labute approximate surface area is 363 Å². The van der Waals surface area contributed by atoms with Gasteiger partial charge < -0.3 is 9.32 Å². The fourth-order valence-electron chi connectivity index (χ4n) is 10.6. The van der Waals surface area contributed by atoms with E-state index >= 15 is 0 Å². The lowest BCUT2D eigenvalue weighted by Gasteiger charge is -2.27. The number of anilines is 3. The van der Waals surface area contributed by atoms with Crippen molar-refractivity contribution in [3.8, 4) is 55.6 Å². The van der Waals surface area contributed by atoms with Gasteiger partial charge in [0, 0.05) is 38.7 Å². The van der Waals surface area contributed by atoms with Crippen LogP contribution >= 0.6 is 0 Å². The molecule has 0 unspecified atom stereocenters. The van der Waals surface area contributed by atoms with Gasteiger partial charge in [-0.3, -0.25) is 0 Å². The lowest BCUT2D eigenvalue weighted by Crippen LogP contribution is -2.15. The van der Waals surface area contributed by atoms with Crippen LogP contribution in [-0.2, 0) is 10.8 Å². The second-order valence-electron chi connectivity index (χ2n) is 18.2. The molecule has 10 aromatic rings. The third-order valence-corrected chi connectivity index (χ3v) is 13.9. The van der Waals surface area contributed by atoms with Crippen LogP contribution in [0.4, 0.5) is 17.1 Å². The van der Waals surface area contributed by atoms with E-state index in [-0.39, 0.29) is 10.8 Å². The molecule has 0 N–H and O–H groups in total. The van der Waals surface area contributed by atoms with Gasteiger partial charge in [-0.05, 0) is 145 Å². The Bertz CT molecular complexity index is 3270. The Morgan fingerprint density at radius 3 is 1.35 bits per heavy atom. The van der Waals surface area contributed by atoms with Crippen molar-refractivity contribution in [1.29, 1.82) is 0 Å². The quantitative estimate of drug-likeness (QED) is 0.167. The summed E-state index contributed by atoms with van der Waals surface area (Å²) in [6.45, 7) is 9.41. The normalized spacial score (nSPS) is 14.1. The van der Waals surface area contributed by atoms with Crippen LogP contribution in [0, 0.1) is 0 Å². The highest BCUT2D eigenvalue weighted by atomic mass is 16.3. The van der Waals surface area contributed by atoms with Crippen molar-refractivity contribution in [3.63, 3.8) is 0 Å². The molecule has 2 nitrogen and oxygen atoms in total. The van der Waals surface area contributed by atoms with Crippen molar-refractivity contribution in [2.24, 2.45) is 0 Å². The lowest BCUT2D eigenvalue weighted by molar-refractivity contribution is 0.660. The van der Waals surface area contributed by atoms with Crippen LogP contribution in [-0.4, -0.2) is 0 Å². The molecule has 2 aliphatic carbocycles. The molecule has 0 spiro atoms. The minimum atomic E-state index is -0.0712. The van der Waals surface area contributed by atoms with Gasteiger partial charge in [-0.15, -0.1) is 0 Å². The van der Waals surface area contributed by atoms with E-state index in [9.17, 15) is 0 Å². The van der Waals surface area contributed by atoms with Gasteiger partial charge in [0.1, 0.15) is 11.2 Å². The SMILES string of the molecule is CC1(C)c2ccccc2-c2ccc(-c3cccc(N(c4ccc(-c5ccc6c(c5)oc5ccccc56)cc4)c4cccc(-c5ccc6c(c5)C(C)(C)c5ccccc5-6)c4)c3)cc21. The molecular weight excluding hydrogens is 751 g/mol. The van der Waals surface area contributed by atoms with Crippen LogP contribution in [0.2, 0.25) is 0 Å². The minimum absolute atomic E-state index is 0.0712. The molecule has 0 saturated heterocycles. The zero-order valence-electron chi connectivity index (χ0n) is 35.4. The van der Waals surface area contributed by atoms with Gasteiger partial charge in [-0.2, -0.15) is 0 Å². The molecule has 2 aliphatic rings. The second-order valence-corrected chi connectivity index (χ2v) is 18.2. The standard InChI is InChI=1S/C60H45NO/c1-59(2)53-20-8-5-17-47(53)49-30-25-41(35-55(49)59)39-13-11-15-45(33-39)61(44-28-23-38(24-29-44)43-27-32-52-51-19-7-10-22-57(51)62-58(52)37-43)46-16-12-14-40(34-46)42-26-31-50-48-18-6-9-21-54(48)60(3,4)56(50)36-42/h5-37H,1-4H3. The number of para-hydroxylation sites is 1. The maximum absolute atomic E-state index is 6.28. The average molecular weight is 796 g/mol. The maximum atomic E-state index is 6.28. The predicted molar refractivity (Wildman–Crippen MR) is 260 cm³/mol.